The van der Waals surface area contributed by atoms with Crippen LogP contribution in [0.1, 0.15) is 12.5 Å². The molecule has 2 rings (SSSR count). The predicted molar refractivity (Wildman–Crippen MR) is 90.3 cm³/mol. The van der Waals surface area contributed by atoms with E-state index in [0.717, 1.165) is 31.8 Å². The number of likely N-dealkylation sites (N-methyl/N-ethyl adjacent to an activating group) is 1. The first-order valence-electron chi connectivity index (χ1n) is 8.79. The Hall–Kier alpha value is -1.14. The lowest BCUT2D eigenvalue weighted by Gasteiger charge is -2.28. The van der Waals surface area contributed by atoms with Gasteiger partial charge in [-0.2, -0.15) is 0 Å². The van der Waals surface area contributed by atoms with Gasteiger partial charge >= 0.3 is 0 Å². The summed E-state index contributed by atoms with van der Waals surface area (Å²) < 4.78 is 11.2. The Morgan fingerprint density at radius 1 is 1.09 bits per heavy atom. The van der Waals surface area contributed by atoms with Gasteiger partial charge in [0, 0.05) is 0 Å². The molecular weight excluding hydrogens is 292 g/mol. The average Bonchev–Trinajstić information content (AvgIpc) is 2.57. The van der Waals surface area contributed by atoms with Crippen molar-refractivity contribution in [1.82, 2.24) is 0 Å². The molecule has 1 aliphatic heterocycles. The number of hydrogen-bond donors (Lipinski definition) is 3. The van der Waals surface area contributed by atoms with E-state index in [4.69, 9.17) is 9.47 Å². The van der Waals surface area contributed by atoms with Crippen LogP contribution < -0.4 is 14.5 Å². The second-order valence-corrected chi connectivity index (χ2v) is 6.49. The lowest BCUT2D eigenvalue weighted by Crippen LogP contribution is -3.27. The first-order chi connectivity index (χ1) is 11.2. The van der Waals surface area contributed by atoms with E-state index in [1.165, 1.54) is 23.6 Å². The molecule has 0 bridgehead atoms. The molecule has 1 aromatic rings. The first kappa shape index (κ1) is 18.2. The highest BCUT2D eigenvalue weighted by Crippen LogP contribution is 2.12. The Labute approximate surface area is 139 Å². The van der Waals surface area contributed by atoms with Crippen molar-refractivity contribution in [2.24, 2.45) is 0 Å². The summed E-state index contributed by atoms with van der Waals surface area (Å²) in [5.41, 5.74) is 1.31. The molecule has 0 spiro atoms. The SMILES string of the molecule is CCc1ccc(OCCOC[C@H](O)C[NH+]2CC[NH+](C)CC2)cc1. The number of aliphatic hydroxyl groups excluding tert-OH is 1. The molecule has 0 saturated carbocycles. The van der Waals surface area contributed by atoms with Crippen LogP contribution >= 0.6 is 0 Å². The minimum absolute atomic E-state index is 0.382. The van der Waals surface area contributed by atoms with Crippen molar-refractivity contribution in [2.75, 3.05) is 59.6 Å². The third kappa shape index (κ3) is 6.87. The number of quaternary nitrogens is 2. The molecule has 5 heteroatoms. The molecule has 23 heavy (non-hydrogen) atoms. The number of ether oxygens (including phenoxy) is 2. The quantitative estimate of drug-likeness (QED) is 0.481. The maximum Gasteiger partial charge on any atom is 0.127 e. The van der Waals surface area contributed by atoms with E-state index in [2.05, 4.69) is 26.1 Å². The highest BCUT2D eigenvalue weighted by Gasteiger charge is 2.22. The van der Waals surface area contributed by atoms with Crippen LogP contribution in [0.2, 0.25) is 0 Å². The number of aryl methyl sites for hydroxylation is 1. The molecule has 0 aliphatic carbocycles. The van der Waals surface area contributed by atoms with Gasteiger partial charge in [0.05, 0.1) is 20.3 Å². The average molecular weight is 324 g/mol. The molecule has 1 aromatic carbocycles. The van der Waals surface area contributed by atoms with Crippen LogP contribution in [0.15, 0.2) is 24.3 Å². The molecule has 3 N–H and O–H groups in total. The van der Waals surface area contributed by atoms with Gasteiger partial charge in [-0.25, -0.2) is 0 Å². The Morgan fingerprint density at radius 2 is 1.78 bits per heavy atom. The molecule has 0 radical (unpaired) electrons. The van der Waals surface area contributed by atoms with Crippen LogP contribution in [-0.4, -0.2) is 70.8 Å². The van der Waals surface area contributed by atoms with Crippen molar-refractivity contribution in [1.29, 1.82) is 0 Å². The van der Waals surface area contributed by atoms with Crippen molar-refractivity contribution in [3.63, 3.8) is 0 Å². The number of benzene rings is 1. The summed E-state index contributed by atoms with van der Waals surface area (Å²) in [6.07, 6.45) is 0.657. The van der Waals surface area contributed by atoms with Gasteiger partial charge in [-0.15, -0.1) is 0 Å². The van der Waals surface area contributed by atoms with E-state index in [9.17, 15) is 5.11 Å². The van der Waals surface area contributed by atoms with Gasteiger partial charge < -0.3 is 24.4 Å². The second-order valence-electron chi connectivity index (χ2n) is 6.49. The minimum atomic E-state index is -0.382. The van der Waals surface area contributed by atoms with Crippen molar-refractivity contribution in [3.8, 4) is 5.75 Å². The van der Waals surface area contributed by atoms with Gasteiger partial charge in [-0.05, 0) is 24.1 Å². The van der Waals surface area contributed by atoms with Crippen molar-refractivity contribution < 1.29 is 24.4 Å². The summed E-state index contributed by atoms with van der Waals surface area (Å²) in [6, 6.07) is 8.15. The fourth-order valence-corrected chi connectivity index (χ4v) is 2.89. The minimum Gasteiger partial charge on any atom is -0.491 e. The number of aliphatic hydroxyl groups is 1. The molecule has 1 fully saturated rings. The number of nitrogens with one attached hydrogen (secondary N) is 2. The summed E-state index contributed by atoms with van der Waals surface area (Å²) in [4.78, 5) is 3.07. The van der Waals surface area contributed by atoms with E-state index in [1.54, 1.807) is 4.90 Å². The van der Waals surface area contributed by atoms with Crippen LogP contribution in [0.5, 0.6) is 5.75 Å². The largest absolute Gasteiger partial charge is 0.491 e. The monoisotopic (exact) mass is 324 g/mol. The molecule has 1 aliphatic rings. The van der Waals surface area contributed by atoms with E-state index >= 15 is 0 Å². The van der Waals surface area contributed by atoms with E-state index in [-0.39, 0.29) is 6.10 Å². The van der Waals surface area contributed by atoms with Gasteiger partial charge in [0.15, 0.2) is 0 Å². The molecule has 1 atom stereocenters. The van der Waals surface area contributed by atoms with E-state index < -0.39 is 0 Å². The zero-order chi connectivity index (χ0) is 16.5. The molecule has 0 amide bonds. The Bertz CT molecular complexity index is 430. The van der Waals surface area contributed by atoms with Crippen molar-refractivity contribution >= 4 is 0 Å². The molecule has 1 saturated heterocycles. The number of hydrogen-bond acceptors (Lipinski definition) is 3. The standard InChI is InChI=1S/C18H30N2O3/c1-3-16-4-6-18(7-5-16)23-13-12-22-15-17(21)14-20-10-8-19(2)9-11-20/h4-7,17,21H,3,8-15H2,1-2H3/p+2/t17-/m1/s1. The topological polar surface area (TPSA) is 47.6 Å². The summed E-state index contributed by atoms with van der Waals surface area (Å²) in [5, 5.41) is 10.0. The van der Waals surface area contributed by atoms with Gasteiger partial charge in [-0.1, -0.05) is 19.1 Å². The summed E-state index contributed by atoms with van der Waals surface area (Å²) in [5.74, 6) is 0.871. The van der Waals surface area contributed by atoms with Crippen LogP contribution in [0.4, 0.5) is 0 Å². The maximum atomic E-state index is 10.0. The Balaban J connectivity index is 1.52. The van der Waals surface area contributed by atoms with Gasteiger partial charge in [0.1, 0.15) is 51.2 Å². The summed E-state index contributed by atoms with van der Waals surface area (Å²) in [6.45, 7) is 9.00. The zero-order valence-electron chi connectivity index (χ0n) is 14.5. The number of rotatable bonds is 9. The van der Waals surface area contributed by atoms with Gasteiger partial charge in [0.25, 0.3) is 0 Å². The lowest BCUT2D eigenvalue weighted by molar-refractivity contribution is -1.00. The van der Waals surface area contributed by atoms with Gasteiger partial charge in [0.2, 0.25) is 0 Å². The molecule has 0 unspecified atom stereocenters. The van der Waals surface area contributed by atoms with Crippen molar-refractivity contribution in [2.45, 2.75) is 19.4 Å². The molecular formula is C18H32N2O3+2. The Morgan fingerprint density at radius 3 is 2.43 bits per heavy atom. The van der Waals surface area contributed by atoms with Crippen LogP contribution in [0.25, 0.3) is 0 Å². The number of piperazine rings is 1. The molecule has 0 aromatic heterocycles. The third-order valence-corrected chi connectivity index (χ3v) is 4.47. The van der Waals surface area contributed by atoms with E-state index in [0.29, 0.717) is 19.8 Å². The smallest absolute Gasteiger partial charge is 0.127 e. The molecule has 5 nitrogen and oxygen atoms in total. The molecule has 1 heterocycles. The zero-order valence-corrected chi connectivity index (χ0v) is 14.5. The second kappa shape index (κ2) is 9.88. The molecule has 130 valence electrons. The summed E-state index contributed by atoms with van der Waals surface area (Å²) in [7, 11) is 2.23. The van der Waals surface area contributed by atoms with Crippen molar-refractivity contribution in [3.05, 3.63) is 29.8 Å². The van der Waals surface area contributed by atoms with Crippen LogP contribution in [-0.2, 0) is 11.2 Å². The van der Waals surface area contributed by atoms with E-state index in [1.807, 2.05) is 12.1 Å². The fourth-order valence-electron chi connectivity index (χ4n) is 2.89. The normalized spacial score (nSPS) is 22.7. The lowest BCUT2D eigenvalue weighted by atomic mass is 10.2. The highest BCUT2D eigenvalue weighted by atomic mass is 16.5. The third-order valence-electron chi connectivity index (χ3n) is 4.47. The fraction of sp³-hybridized carbons (Fsp3) is 0.667. The van der Waals surface area contributed by atoms with Crippen LogP contribution in [0, 0.1) is 0 Å². The predicted octanol–water partition coefficient (Wildman–Crippen LogP) is -1.58. The van der Waals surface area contributed by atoms with Gasteiger partial charge in [-0.3, -0.25) is 0 Å². The first-order valence-corrected chi connectivity index (χ1v) is 8.79. The van der Waals surface area contributed by atoms with Crippen LogP contribution in [0.3, 0.4) is 0 Å². The highest BCUT2D eigenvalue weighted by molar-refractivity contribution is 5.27. The summed E-state index contributed by atoms with van der Waals surface area (Å²) >= 11 is 0. The Kier molecular flexibility index (Phi) is 7.82. The maximum absolute atomic E-state index is 10.0.